The van der Waals surface area contributed by atoms with Gasteiger partial charge < -0.3 is 9.88 Å². The van der Waals surface area contributed by atoms with Gasteiger partial charge in [0.05, 0.1) is 5.69 Å². The third-order valence-corrected chi connectivity index (χ3v) is 5.76. The Labute approximate surface area is 180 Å². The molecule has 0 aliphatic carbocycles. The van der Waals surface area contributed by atoms with Crippen LogP contribution in [0.1, 0.15) is 17.0 Å². The lowest BCUT2D eigenvalue weighted by Crippen LogP contribution is -2.18. The van der Waals surface area contributed by atoms with Gasteiger partial charge in [-0.1, -0.05) is 0 Å². The third-order valence-electron chi connectivity index (χ3n) is 5.76. The van der Waals surface area contributed by atoms with Crippen molar-refractivity contribution in [2.24, 2.45) is 7.05 Å². The van der Waals surface area contributed by atoms with E-state index in [0.717, 1.165) is 43.0 Å². The average Bonchev–Trinajstić information content (AvgIpc) is 2.93. The standard InChI is InChI=1S/C22H19F3N6O/c1-30-17-7-10-26-9-6-14(17)15-2-5-19(27-21(15)30)31-11-8-13(12-20(31)32)16-3-4-18(29-28-16)22(23,24)25/h2-5,8,11-12,26H,6-7,9-10H2,1H3. The molecule has 0 unspecified atom stereocenters. The van der Waals surface area contributed by atoms with E-state index >= 15 is 0 Å². The van der Waals surface area contributed by atoms with E-state index < -0.39 is 11.9 Å². The van der Waals surface area contributed by atoms with E-state index in [9.17, 15) is 18.0 Å². The molecule has 0 fully saturated rings. The summed E-state index contributed by atoms with van der Waals surface area (Å²) in [6.07, 6.45) is -1.18. The molecule has 5 rings (SSSR count). The van der Waals surface area contributed by atoms with Gasteiger partial charge in [0.15, 0.2) is 5.69 Å². The molecular formula is C22H19F3N6O. The predicted octanol–water partition coefficient (Wildman–Crippen LogP) is 2.89. The van der Waals surface area contributed by atoms with Gasteiger partial charge in [0, 0.05) is 48.9 Å². The van der Waals surface area contributed by atoms with Crippen LogP contribution in [0, 0.1) is 0 Å². The van der Waals surface area contributed by atoms with Gasteiger partial charge in [-0.15, -0.1) is 10.2 Å². The van der Waals surface area contributed by atoms with Gasteiger partial charge in [0.25, 0.3) is 5.56 Å². The summed E-state index contributed by atoms with van der Waals surface area (Å²) in [5.74, 6) is 0.474. The highest BCUT2D eigenvalue weighted by molar-refractivity contribution is 5.83. The molecular weight excluding hydrogens is 421 g/mol. The van der Waals surface area contributed by atoms with Crippen LogP contribution in [0.3, 0.4) is 0 Å². The van der Waals surface area contributed by atoms with Crippen LogP contribution >= 0.6 is 0 Å². The van der Waals surface area contributed by atoms with Crippen molar-refractivity contribution in [1.82, 2.24) is 29.6 Å². The molecule has 0 aromatic carbocycles. The second-order valence-electron chi connectivity index (χ2n) is 7.70. The van der Waals surface area contributed by atoms with Crippen molar-refractivity contribution in [2.75, 3.05) is 13.1 Å². The maximum absolute atomic E-state index is 12.8. The van der Waals surface area contributed by atoms with E-state index in [1.807, 2.05) is 13.1 Å². The number of hydrogen-bond donors (Lipinski definition) is 1. The molecule has 0 saturated carbocycles. The molecule has 0 atom stereocenters. The summed E-state index contributed by atoms with van der Waals surface area (Å²) in [4.78, 5) is 17.5. The highest BCUT2D eigenvalue weighted by Gasteiger charge is 2.32. The Morgan fingerprint density at radius 2 is 1.84 bits per heavy atom. The molecule has 164 valence electrons. The minimum absolute atomic E-state index is 0.186. The maximum Gasteiger partial charge on any atom is 0.435 e. The van der Waals surface area contributed by atoms with Gasteiger partial charge in [-0.2, -0.15) is 13.2 Å². The molecule has 10 heteroatoms. The molecule has 0 saturated heterocycles. The number of nitrogens with one attached hydrogen (secondary N) is 1. The number of alkyl halides is 3. The van der Waals surface area contributed by atoms with E-state index in [2.05, 4.69) is 20.1 Å². The van der Waals surface area contributed by atoms with Gasteiger partial charge in [-0.25, -0.2) is 4.98 Å². The molecule has 1 N–H and O–H groups in total. The number of hydrogen-bond acceptors (Lipinski definition) is 5. The molecule has 32 heavy (non-hydrogen) atoms. The van der Waals surface area contributed by atoms with Crippen LogP contribution in [0.5, 0.6) is 0 Å². The van der Waals surface area contributed by atoms with Crippen molar-refractivity contribution < 1.29 is 13.2 Å². The van der Waals surface area contributed by atoms with Crippen LogP contribution in [0.25, 0.3) is 28.1 Å². The average molecular weight is 440 g/mol. The van der Waals surface area contributed by atoms with Crippen LogP contribution in [0.4, 0.5) is 13.2 Å². The minimum Gasteiger partial charge on any atom is -0.332 e. The fourth-order valence-corrected chi connectivity index (χ4v) is 4.16. The number of halogens is 3. The van der Waals surface area contributed by atoms with Crippen LogP contribution < -0.4 is 10.9 Å². The molecule has 5 heterocycles. The summed E-state index contributed by atoms with van der Waals surface area (Å²) in [7, 11) is 1.98. The molecule has 0 bridgehead atoms. The molecule has 0 amide bonds. The van der Waals surface area contributed by atoms with E-state index in [1.165, 1.54) is 28.0 Å². The summed E-state index contributed by atoms with van der Waals surface area (Å²) >= 11 is 0. The Morgan fingerprint density at radius 3 is 2.56 bits per heavy atom. The number of aromatic nitrogens is 5. The third kappa shape index (κ3) is 3.46. The van der Waals surface area contributed by atoms with Crippen molar-refractivity contribution in [3.63, 3.8) is 0 Å². The lowest BCUT2D eigenvalue weighted by Gasteiger charge is -2.08. The first kappa shape index (κ1) is 20.4. The van der Waals surface area contributed by atoms with Gasteiger partial charge >= 0.3 is 6.18 Å². The fourth-order valence-electron chi connectivity index (χ4n) is 4.16. The van der Waals surface area contributed by atoms with Crippen molar-refractivity contribution >= 4 is 11.0 Å². The van der Waals surface area contributed by atoms with Crippen LogP contribution in [-0.2, 0) is 26.1 Å². The Balaban J connectivity index is 1.52. The molecule has 7 nitrogen and oxygen atoms in total. The summed E-state index contributed by atoms with van der Waals surface area (Å²) < 4.78 is 41.6. The Kier molecular flexibility index (Phi) is 4.81. The van der Waals surface area contributed by atoms with Gasteiger partial charge in [-0.05, 0) is 48.9 Å². The van der Waals surface area contributed by atoms with Crippen LogP contribution in [0.2, 0.25) is 0 Å². The van der Waals surface area contributed by atoms with E-state index in [-0.39, 0.29) is 11.3 Å². The topological polar surface area (TPSA) is 77.6 Å². The molecule has 4 aromatic heterocycles. The van der Waals surface area contributed by atoms with E-state index in [0.29, 0.717) is 11.4 Å². The Bertz CT molecular complexity index is 1370. The van der Waals surface area contributed by atoms with Crippen molar-refractivity contribution in [2.45, 2.75) is 19.0 Å². The summed E-state index contributed by atoms with van der Waals surface area (Å²) in [5.41, 5.74) is 2.48. The first-order valence-electron chi connectivity index (χ1n) is 10.2. The largest absolute Gasteiger partial charge is 0.435 e. The second kappa shape index (κ2) is 7.56. The summed E-state index contributed by atoms with van der Waals surface area (Å²) in [6.45, 7) is 1.83. The molecule has 1 aliphatic rings. The van der Waals surface area contributed by atoms with Crippen LogP contribution in [-0.4, -0.2) is 37.4 Å². The summed E-state index contributed by atoms with van der Waals surface area (Å²) in [6, 6.07) is 8.76. The quantitative estimate of drug-likeness (QED) is 0.519. The van der Waals surface area contributed by atoms with Crippen molar-refractivity contribution in [3.8, 4) is 17.1 Å². The minimum atomic E-state index is -4.56. The second-order valence-corrected chi connectivity index (χ2v) is 7.70. The predicted molar refractivity (Wildman–Crippen MR) is 113 cm³/mol. The van der Waals surface area contributed by atoms with Crippen molar-refractivity contribution in [1.29, 1.82) is 0 Å². The number of aryl methyl sites for hydroxylation is 1. The monoisotopic (exact) mass is 440 g/mol. The first-order valence-corrected chi connectivity index (χ1v) is 10.2. The van der Waals surface area contributed by atoms with E-state index in [4.69, 9.17) is 4.98 Å². The fraction of sp³-hybridized carbons (Fsp3) is 0.273. The normalized spacial score (nSPS) is 14.4. The molecule has 1 aliphatic heterocycles. The number of nitrogens with zero attached hydrogens (tertiary/aromatic N) is 5. The highest BCUT2D eigenvalue weighted by atomic mass is 19.4. The van der Waals surface area contributed by atoms with Crippen LogP contribution in [0.15, 0.2) is 47.4 Å². The number of rotatable bonds is 2. The van der Waals surface area contributed by atoms with Gasteiger partial charge in [0.2, 0.25) is 0 Å². The van der Waals surface area contributed by atoms with Gasteiger partial charge in [-0.3, -0.25) is 9.36 Å². The zero-order chi connectivity index (χ0) is 22.5. The summed E-state index contributed by atoms with van der Waals surface area (Å²) in [5, 5.41) is 11.3. The zero-order valence-corrected chi connectivity index (χ0v) is 17.1. The Morgan fingerprint density at radius 1 is 1.03 bits per heavy atom. The SMILES string of the molecule is Cn1c2c(c3ccc(-n4ccc(-c5ccc(C(F)(F)F)nn5)cc4=O)nc31)CCNCC2. The lowest BCUT2D eigenvalue weighted by molar-refractivity contribution is -0.141. The lowest BCUT2D eigenvalue weighted by atomic mass is 10.1. The zero-order valence-electron chi connectivity index (χ0n) is 17.1. The maximum atomic E-state index is 12.8. The van der Waals surface area contributed by atoms with E-state index in [1.54, 1.807) is 18.3 Å². The first-order chi connectivity index (χ1) is 15.3. The van der Waals surface area contributed by atoms with Gasteiger partial charge in [0.1, 0.15) is 11.5 Å². The molecule has 0 spiro atoms. The smallest absolute Gasteiger partial charge is 0.332 e. The number of pyridine rings is 2. The molecule has 0 radical (unpaired) electrons. The highest BCUT2D eigenvalue weighted by Crippen LogP contribution is 2.28. The van der Waals surface area contributed by atoms with Crippen molar-refractivity contribution in [3.05, 3.63) is 69.9 Å². The molecule has 4 aromatic rings. The Hall–Kier alpha value is -3.53. The number of fused-ring (bicyclic) bond motifs is 3.